The van der Waals surface area contributed by atoms with Crippen molar-refractivity contribution in [2.24, 2.45) is 0 Å². The summed E-state index contributed by atoms with van der Waals surface area (Å²) >= 11 is 6.83. The molecule has 1 saturated heterocycles. The second-order valence-corrected chi connectivity index (χ2v) is 8.48. The highest BCUT2D eigenvalue weighted by Crippen LogP contribution is 2.29. The Morgan fingerprint density at radius 1 is 1.07 bits per heavy atom. The lowest BCUT2D eigenvalue weighted by molar-refractivity contribution is 0.261. The Hall–Kier alpha value is -2.22. The summed E-state index contributed by atoms with van der Waals surface area (Å²) in [5.41, 5.74) is 2.39. The molecule has 5 nitrogen and oxygen atoms in total. The zero-order chi connectivity index (χ0) is 20.1. The molecule has 0 amide bonds. The molecule has 1 aromatic heterocycles. The molecule has 4 rings (SSSR count). The van der Waals surface area contributed by atoms with E-state index in [2.05, 4.69) is 69.0 Å². The highest BCUT2D eigenvalue weighted by atomic mass is 32.1. The Morgan fingerprint density at radius 2 is 1.83 bits per heavy atom. The maximum absolute atomic E-state index is 5.23. The molecule has 1 fully saturated rings. The summed E-state index contributed by atoms with van der Waals surface area (Å²) in [6, 6.07) is 17.1. The fourth-order valence-corrected chi connectivity index (χ4v) is 4.72. The quantitative estimate of drug-likeness (QED) is 0.583. The molecule has 2 aromatic carbocycles. The largest absolute Gasteiger partial charge is 0.363 e. The maximum Gasteiger partial charge on any atom is 0.170 e. The van der Waals surface area contributed by atoms with Gasteiger partial charge in [0, 0.05) is 50.3 Å². The van der Waals surface area contributed by atoms with Gasteiger partial charge in [0.15, 0.2) is 5.11 Å². The van der Waals surface area contributed by atoms with Gasteiger partial charge >= 0.3 is 0 Å². The fourth-order valence-electron chi connectivity index (χ4n) is 3.66. The Balaban J connectivity index is 1.25. The third-order valence-corrected chi connectivity index (χ3v) is 6.36. The molecule has 1 aliphatic rings. The summed E-state index contributed by atoms with van der Waals surface area (Å²) in [6.45, 7) is 8.21. The van der Waals surface area contributed by atoms with Gasteiger partial charge in [-0.05, 0) is 66.9 Å². The Kier molecular flexibility index (Phi) is 6.59. The minimum absolute atomic E-state index is 0.672. The lowest BCUT2D eigenvalue weighted by Crippen LogP contribution is -2.47. The fraction of sp³-hybridized carbons (Fsp3) is 0.364. The number of hydrogen-bond donors (Lipinski definition) is 2. The molecule has 0 radical (unpaired) electrons. The molecule has 0 spiro atoms. The highest BCUT2D eigenvalue weighted by Gasteiger charge is 2.20. The molecule has 0 saturated carbocycles. The molecular formula is C22H27N5S2. The van der Waals surface area contributed by atoms with E-state index in [-0.39, 0.29) is 0 Å². The minimum atomic E-state index is 0.672. The number of thiocarbonyl (C=S) groups is 1. The van der Waals surface area contributed by atoms with Gasteiger partial charge in [0.25, 0.3) is 0 Å². The number of fused-ring (bicyclic) bond motifs is 1. The van der Waals surface area contributed by atoms with Crippen molar-refractivity contribution in [1.82, 2.24) is 14.6 Å². The normalized spacial score (nSPS) is 14.9. The van der Waals surface area contributed by atoms with Crippen molar-refractivity contribution in [2.75, 3.05) is 49.5 Å². The van der Waals surface area contributed by atoms with Crippen LogP contribution in [0.1, 0.15) is 12.5 Å². The van der Waals surface area contributed by atoms with Crippen LogP contribution in [0.5, 0.6) is 0 Å². The predicted molar refractivity (Wildman–Crippen MR) is 128 cm³/mol. The Labute approximate surface area is 181 Å². The van der Waals surface area contributed by atoms with Gasteiger partial charge in [0.05, 0.1) is 4.70 Å². The van der Waals surface area contributed by atoms with Crippen molar-refractivity contribution in [1.29, 1.82) is 0 Å². The van der Waals surface area contributed by atoms with Crippen LogP contribution in [0.4, 0.5) is 11.5 Å². The number of piperazine rings is 1. The van der Waals surface area contributed by atoms with Crippen LogP contribution < -0.4 is 15.5 Å². The molecular weight excluding hydrogens is 398 g/mol. The van der Waals surface area contributed by atoms with Crippen LogP contribution in [0.2, 0.25) is 0 Å². The average Bonchev–Trinajstić information content (AvgIpc) is 3.18. The molecule has 0 aliphatic carbocycles. The zero-order valence-electron chi connectivity index (χ0n) is 16.7. The van der Waals surface area contributed by atoms with E-state index < -0.39 is 0 Å². The lowest BCUT2D eigenvalue weighted by Gasteiger charge is -2.35. The van der Waals surface area contributed by atoms with Crippen LogP contribution in [0, 0.1) is 0 Å². The van der Waals surface area contributed by atoms with E-state index >= 15 is 0 Å². The summed E-state index contributed by atoms with van der Waals surface area (Å²) in [6.07, 6.45) is 1.07. The monoisotopic (exact) mass is 425 g/mol. The van der Waals surface area contributed by atoms with Crippen molar-refractivity contribution in [3.8, 4) is 0 Å². The molecule has 2 heterocycles. The van der Waals surface area contributed by atoms with Gasteiger partial charge in [-0.1, -0.05) is 24.3 Å². The van der Waals surface area contributed by atoms with Crippen molar-refractivity contribution < 1.29 is 0 Å². The number of rotatable bonds is 6. The van der Waals surface area contributed by atoms with Crippen LogP contribution in [0.3, 0.4) is 0 Å². The molecule has 1 aliphatic heterocycles. The second-order valence-electron chi connectivity index (χ2n) is 7.26. The summed E-state index contributed by atoms with van der Waals surface area (Å²) in [7, 11) is 0. The van der Waals surface area contributed by atoms with Gasteiger partial charge in [0.1, 0.15) is 5.82 Å². The molecule has 0 bridgehead atoms. The van der Waals surface area contributed by atoms with Crippen LogP contribution in [0.15, 0.2) is 48.5 Å². The van der Waals surface area contributed by atoms with E-state index in [1.54, 1.807) is 11.5 Å². The van der Waals surface area contributed by atoms with Gasteiger partial charge in [-0.3, -0.25) is 4.90 Å². The third-order valence-electron chi connectivity index (χ3n) is 5.30. The number of benzene rings is 2. The number of hydrogen-bond acceptors (Lipinski definition) is 5. The molecule has 152 valence electrons. The van der Waals surface area contributed by atoms with Crippen LogP contribution in [-0.4, -0.2) is 53.7 Å². The molecule has 2 N–H and O–H groups in total. The van der Waals surface area contributed by atoms with E-state index in [9.17, 15) is 0 Å². The zero-order valence-corrected chi connectivity index (χ0v) is 18.4. The second kappa shape index (κ2) is 9.52. The maximum atomic E-state index is 5.23. The van der Waals surface area contributed by atoms with E-state index in [4.69, 9.17) is 16.6 Å². The summed E-state index contributed by atoms with van der Waals surface area (Å²) in [5.74, 6) is 1.16. The first-order valence-corrected chi connectivity index (χ1v) is 11.4. The standard InChI is InChI=1S/C22H27N5S2/c1-2-23-22(28)24-18-9-7-17(8-10-18)11-12-26-13-15-27(16-14-26)21-19-5-3-4-6-20(19)29-25-21/h3-10H,2,11-16H2,1H3,(H2,23,24,28). The van der Waals surface area contributed by atoms with Crippen molar-refractivity contribution in [3.63, 3.8) is 0 Å². The molecule has 0 unspecified atom stereocenters. The first-order valence-electron chi connectivity index (χ1n) is 10.2. The topological polar surface area (TPSA) is 43.4 Å². The molecule has 0 atom stereocenters. The summed E-state index contributed by atoms with van der Waals surface area (Å²) in [4.78, 5) is 4.99. The lowest BCUT2D eigenvalue weighted by atomic mass is 10.1. The third kappa shape index (κ3) is 5.04. The van der Waals surface area contributed by atoms with E-state index in [0.717, 1.165) is 57.2 Å². The molecule has 7 heteroatoms. The number of aromatic nitrogens is 1. The first-order chi connectivity index (χ1) is 14.2. The van der Waals surface area contributed by atoms with Gasteiger partial charge in [-0.15, -0.1) is 0 Å². The average molecular weight is 426 g/mol. The van der Waals surface area contributed by atoms with Crippen molar-refractivity contribution in [2.45, 2.75) is 13.3 Å². The van der Waals surface area contributed by atoms with Gasteiger partial charge in [-0.25, -0.2) is 0 Å². The van der Waals surface area contributed by atoms with Crippen LogP contribution >= 0.6 is 23.8 Å². The van der Waals surface area contributed by atoms with Gasteiger partial charge < -0.3 is 15.5 Å². The number of nitrogens with zero attached hydrogens (tertiary/aromatic N) is 3. The van der Waals surface area contributed by atoms with E-state index in [1.807, 2.05) is 6.92 Å². The molecule has 29 heavy (non-hydrogen) atoms. The molecule has 3 aromatic rings. The van der Waals surface area contributed by atoms with E-state index in [0.29, 0.717) is 5.11 Å². The smallest absolute Gasteiger partial charge is 0.170 e. The minimum Gasteiger partial charge on any atom is -0.363 e. The summed E-state index contributed by atoms with van der Waals surface area (Å²) < 4.78 is 5.98. The predicted octanol–water partition coefficient (Wildman–Crippen LogP) is 3.97. The van der Waals surface area contributed by atoms with E-state index in [1.165, 1.54) is 15.6 Å². The van der Waals surface area contributed by atoms with Crippen molar-refractivity contribution in [3.05, 3.63) is 54.1 Å². The Morgan fingerprint density at radius 3 is 2.59 bits per heavy atom. The summed E-state index contributed by atoms with van der Waals surface area (Å²) in [5, 5.41) is 8.27. The Bertz CT molecular complexity index is 945. The highest BCUT2D eigenvalue weighted by molar-refractivity contribution is 7.80. The van der Waals surface area contributed by atoms with Crippen LogP contribution in [-0.2, 0) is 6.42 Å². The van der Waals surface area contributed by atoms with Crippen molar-refractivity contribution >= 4 is 50.5 Å². The number of nitrogens with one attached hydrogen (secondary N) is 2. The SMILES string of the molecule is CCNC(=S)Nc1ccc(CCN2CCN(c3nsc4ccccc34)CC2)cc1. The number of anilines is 2. The first kappa shape index (κ1) is 20.1. The van der Waals surface area contributed by atoms with Gasteiger partial charge in [0.2, 0.25) is 0 Å². The van der Waals surface area contributed by atoms with Crippen LogP contribution in [0.25, 0.3) is 10.1 Å². The van der Waals surface area contributed by atoms with Gasteiger partial charge in [-0.2, -0.15) is 4.37 Å².